The average molecular weight is 328 g/mol. The number of halogens is 3. The van der Waals surface area contributed by atoms with Gasteiger partial charge in [0.1, 0.15) is 5.82 Å². The van der Waals surface area contributed by atoms with E-state index in [1.165, 1.54) is 6.92 Å². The highest BCUT2D eigenvalue weighted by Crippen LogP contribution is 2.35. The molecule has 0 bridgehead atoms. The van der Waals surface area contributed by atoms with E-state index in [1.807, 2.05) is 0 Å². The molecule has 0 saturated carbocycles. The van der Waals surface area contributed by atoms with E-state index < -0.39 is 17.8 Å². The van der Waals surface area contributed by atoms with Gasteiger partial charge in [-0.1, -0.05) is 0 Å². The predicted molar refractivity (Wildman–Crippen MR) is 76.7 cm³/mol. The molecule has 0 radical (unpaired) electrons. The predicted octanol–water partition coefficient (Wildman–Crippen LogP) is 1.24. The number of hydrogen-bond acceptors (Lipinski definition) is 4. The maximum absolute atomic E-state index is 13.2. The van der Waals surface area contributed by atoms with Crippen molar-refractivity contribution in [2.45, 2.75) is 32.4 Å². The van der Waals surface area contributed by atoms with Crippen LogP contribution in [0, 0.1) is 18.8 Å². The van der Waals surface area contributed by atoms with E-state index in [1.54, 1.807) is 0 Å². The van der Waals surface area contributed by atoms with Gasteiger partial charge in [0.05, 0.1) is 0 Å². The topological polar surface area (TPSA) is 66.9 Å². The summed E-state index contributed by atoms with van der Waals surface area (Å²) in [5.41, 5.74) is -0.377. The second-order valence-electron chi connectivity index (χ2n) is 6.25. The van der Waals surface area contributed by atoms with E-state index in [4.69, 9.17) is 0 Å². The molecule has 1 aliphatic heterocycles. The van der Waals surface area contributed by atoms with Crippen molar-refractivity contribution in [2.75, 3.05) is 19.6 Å². The molecule has 1 saturated heterocycles. The first kappa shape index (κ1) is 16.2. The van der Waals surface area contributed by atoms with Crippen molar-refractivity contribution in [3.05, 3.63) is 22.8 Å². The van der Waals surface area contributed by atoms with E-state index >= 15 is 0 Å². The molecule has 8 heteroatoms. The molecule has 1 aromatic rings. The zero-order valence-electron chi connectivity index (χ0n) is 12.8. The van der Waals surface area contributed by atoms with Crippen molar-refractivity contribution in [1.29, 1.82) is 0 Å². The monoisotopic (exact) mass is 328 g/mol. The summed E-state index contributed by atoms with van der Waals surface area (Å²) in [6, 6.07) is 0. The number of nitrogens with one attached hydrogen (secondary N) is 2. The van der Waals surface area contributed by atoms with Crippen LogP contribution in [0.5, 0.6) is 0 Å². The van der Waals surface area contributed by atoms with Crippen LogP contribution in [0.25, 0.3) is 0 Å². The lowest BCUT2D eigenvalue weighted by Gasteiger charge is -2.29. The number of nitrogens with zero attached hydrogens (tertiary/aromatic N) is 2. The van der Waals surface area contributed by atoms with Gasteiger partial charge in [0.2, 0.25) is 5.91 Å². The third kappa shape index (κ3) is 3.46. The number of fused-ring (bicyclic) bond motifs is 1. The number of carbonyl (C=O) groups excluding carboxylic acids is 1. The third-order valence-electron chi connectivity index (χ3n) is 4.45. The summed E-state index contributed by atoms with van der Waals surface area (Å²) in [5.74, 6) is -0.0674. The Morgan fingerprint density at radius 1 is 1.35 bits per heavy atom. The number of hydrogen-bond donors (Lipinski definition) is 2. The number of amides is 1. The molecule has 1 aliphatic carbocycles. The molecule has 0 spiro atoms. The zero-order chi connectivity index (χ0) is 16.6. The van der Waals surface area contributed by atoms with Crippen molar-refractivity contribution < 1.29 is 18.0 Å². The van der Waals surface area contributed by atoms with Crippen LogP contribution in [0.15, 0.2) is 0 Å². The summed E-state index contributed by atoms with van der Waals surface area (Å²) in [4.78, 5) is 19.9. The van der Waals surface area contributed by atoms with Gasteiger partial charge in [-0.15, -0.1) is 0 Å². The van der Waals surface area contributed by atoms with Crippen LogP contribution in [-0.2, 0) is 23.8 Å². The molecule has 0 aromatic carbocycles. The largest absolute Gasteiger partial charge is 0.433 e. The number of alkyl halides is 3. The number of aryl methyl sites for hydroxylation is 2. The second-order valence-corrected chi connectivity index (χ2v) is 6.25. The Labute approximate surface area is 132 Å². The van der Waals surface area contributed by atoms with Crippen LogP contribution in [-0.4, -0.2) is 35.5 Å². The van der Waals surface area contributed by atoms with Gasteiger partial charge in [-0.3, -0.25) is 4.79 Å². The van der Waals surface area contributed by atoms with Crippen LogP contribution in [0.1, 0.15) is 29.2 Å². The van der Waals surface area contributed by atoms with Crippen molar-refractivity contribution in [2.24, 2.45) is 11.8 Å². The molecular weight excluding hydrogens is 309 g/mol. The third-order valence-corrected chi connectivity index (χ3v) is 4.45. The minimum Gasteiger partial charge on any atom is -0.355 e. The molecule has 1 atom stereocenters. The second kappa shape index (κ2) is 6.07. The number of carbonyl (C=O) groups is 1. The summed E-state index contributed by atoms with van der Waals surface area (Å²) in [6.07, 6.45) is -3.56. The lowest BCUT2D eigenvalue weighted by molar-refractivity contribution is -0.142. The smallest absolute Gasteiger partial charge is 0.355 e. The molecule has 23 heavy (non-hydrogen) atoms. The van der Waals surface area contributed by atoms with Crippen LogP contribution >= 0.6 is 0 Å². The van der Waals surface area contributed by atoms with E-state index in [9.17, 15) is 18.0 Å². The summed E-state index contributed by atoms with van der Waals surface area (Å²) in [6.45, 7) is 3.78. The lowest BCUT2D eigenvalue weighted by atomic mass is 9.84. The summed E-state index contributed by atoms with van der Waals surface area (Å²) < 4.78 is 39.6. The normalized spacial score (nSPS) is 21.5. The van der Waals surface area contributed by atoms with E-state index in [0.717, 1.165) is 13.1 Å². The van der Waals surface area contributed by atoms with Crippen molar-refractivity contribution in [3.63, 3.8) is 0 Å². The Balaban J connectivity index is 1.75. The van der Waals surface area contributed by atoms with Crippen molar-refractivity contribution >= 4 is 5.91 Å². The number of rotatable bonds is 3. The van der Waals surface area contributed by atoms with E-state index in [0.29, 0.717) is 31.0 Å². The number of aromatic nitrogens is 2. The van der Waals surface area contributed by atoms with Gasteiger partial charge in [0.25, 0.3) is 0 Å². The molecule has 2 heterocycles. The van der Waals surface area contributed by atoms with Crippen LogP contribution in [0.3, 0.4) is 0 Å². The van der Waals surface area contributed by atoms with Crippen molar-refractivity contribution in [3.8, 4) is 0 Å². The SMILES string of the molecule is Cc1nc2c(c(C(F)(F)F)n1)CC(C(=O)NCC1CNC1)CC2. The fourth-order valence-corrected chi connectivity index (χ4v) is 3.07. The van der Waals surface area contributed by atoms with Gasteiger partial charge < -0.3 is 10.6 Å². The molecule has 2 N–H and O–H groups in total. The highest BCUT2D eigenvalue weighted by Gasteiger charge is 2.39. The maximum Gasteiger partial charge on any atom is 0.433 e. The van der Waals surface area contributed by atoms with Gasteiger partial charge >= 0.3 is 6.18 Å². The van der Waals surface area contributed by atoms with Crippen LogP contribution in [0.4, 0.5) is 13.2 Å². The van der Waals surface area contributed by atoms with Gasteiger partial charge in [-0.2, -0.15) is 13.2 Å². The molecule has 5 nitrogen and oxygen atoms in total. The summed E-state index contributed by atoms with van der Waals surface area (Å²) in [7, 11) is 0. The molecule has 2 aliphatic rings. The quantitative estimate of drug-likeness (QED) is 0.876. The minimum absolute atomic E-state index is 0.0548. The van der Waals surface area contributed by atoms with Gasteiger partial charge in [0, 0.05) is 42.7 Å². The van der Waals surface area contributed by atoms with Crippen LogP contribution < -0.4 is 10.6 Å². The minimum atomic E-state index is -4.52. The van der Waals surface area contributed by atoms with Gasteiger partial charge in [0.15, 0.2) is 5.69 Å². The Bertz CT molecular complexity index is 613. The fraction of sp³-hybridized carbons (Fsp3) is 0.667. The molecule has 1 amide bonds. The molecular formula is C15H19F3N4O. The van der Waals surface area contributed by atoms with Crippen LogP contribution in [0.2, 0.25) is 0 Å². The highest BCUT2D eigenvalue weighted by molar-refractivity contribution is 5.79. The summed E-state index contributed by atoms with van der Waals surface area (Å²) in [5, 5.41) is 5.97. The fourth-order valence-electron chi connectivity index (χ4n) is 3.07. The van der Waals surface area contributed by atoms with Gasteiger partial charge in [-0.25, -0.2) is 9.97 Å². The Morgan fingerprint density at radius 3 is 2.70 bits per heavy atom. The first-order valence-corrected chi connectivity index (χ1v) is 7.76. The van der Waals surface area contributed by atoms with Crippen molar-refractivity contribution in [1.82, 2.24) is 20.6 Å². The maximum atomic E-state index is 13.2. The molecule has 1 unspecified atom stereocenters. The lowest BCUT2D eigenvalue weighted by Crippen LogP contribution is -2.49. The first-order valence-electron chi connectivity index (χ1n) is 7.76. The molecule has 1 aromatic heterocycles. The molecule has 1 fully saturated rings. The molecule has 126 valence electrons. The Hall–Kier alpha value is -1.70. The highest BCUT2D eigenvalue weighted by atomic mass is 19.4. The Morgan fingerprint density at radius 2 is 2.09 bits per heavy atom. The van der Waals surface area contributed by atoms with Gasteiger partial charge in [-0.05, 0) is 26.2 Å². The molecule has 3 rings (SSSR count). The standard InChI is InChI=1S/C15H19F3N4O/c1-8-21-12-3-2-10(14(23)20-7-9-5-19-6-9)4-11(12)13(22-8)15(16,17)18/h9-10,19H,2-7H2,1H3,(H,20,23). The first-order chi connectivity index (χ1) is 10.8. The zero-order valence-corrected chi connectivity index (χ0v) is 12.8. The van der Waals surface area contributed by atoms with E-state index in [2.05, 4.69) is 20.6 Å². The van der Waals surface area contributed by atoms with E-state index in [-0.39, 0.29) is 23.7 Å². The summed E-state index contributed by atoms with van der Waals surface area (Å²) >= 11 is 0. The average Bonchev–Trinajstić information content (AvgIpc) is 2.43. The Kier molecular flexibility index (Phi) is 4.27.